The number of halogens is 2. The van der Waals surface area contributed by atoms with E-state index in [4.69, 9.17) is 4.74 Å². The van der Waals surface area contributed by atoms with Gasteiger partial charge in [-0.2, -0.15) is 0 Å². The molecule has 138 valence electrons. The number of hydrogen-bond acceptors (Lipinski definition) is 4. The first-order valence-electron chi connectivity index (χ1n) is 8.15. The molecule has 7 heteroatoms. The summed E-state index contributed by atoms with van der Waals surface area (Å²) in [6.45, 7) is 2.91. The molecule has 3 rings (SSSR count). The van der Waals surface area contributed by atoms with Crippen LogP contribution in [0.15, 0.2) is 42.5 Å². The highest BCUT2D eigenvalue weighted by molar-refractivity contribution is 6.00. The molecule has 0 aliphatic rings. The minimum atomic E-state index is -1.08. The molecule has 1 heterocycles. The standard InChI is InChI=1S/C20H16F2N2O3/c1-11-14-5-3-4-6-17(14)23-12(2)19(11)20(26)27-10-18(25)24-13-7-8-15(21)16(22)9-13/h3-9H,10H2,1-2H3,(H,24,25). The number of amides is 1. The number of pyridine rings is 1. The fourth-order valence-electron chi connectivity index (χ4n) is 2.81. The van der Waals surface area contributed by atoms with Crippen LogP contribution in [0.5, 0.6) is 0 Å². The van der Waals surface area contributed by atoms with Crippen LogP contribution in [0.2, 0.25) is 0 Å². The summed E-state index contributed by atoms with van der Waals surface area (Å²) in [6, 6.07) is 10.3. The first kappa shape index (κ1) is 18.4. The number of nitrogens with zero attached hydrogens (tertiary/aromatic N) is 1. The van der Waals surface area contributed by atoms with E-state index >= 15 is 0 Å². The van der Waals surface area contributed by atoms with E-state index in [0.29, 0.717) is 16.8 Å². The average molecular weight is 370 g/mol. The van der Waals surface area contributed by atoms with Gasteiger partial charge in [0.05, 0.1) is 16.8 Å². The Hall–Kier alpha value is -3.35. The lowest BCUT2D eigenvalue weighted by atomic mass is 10.0. The van der Waals surface area contributed by atoms with Crippen LogP contribution in [-0.4, -0.2) is 23.5 Å². The maximum absolute atomic E-state index is 13.2. The van der Waals surface area contributed by atoms with Crippen molar-refractivity contribution in [2.45, 2.75) is 13.8 Å². The number of para-hydroxylation sites is 1. The topological polar surface area (TPSA) is 68.3 Å². The fourth-order valence-corrected chi connectivity index (χ4v) is 2.81. The summed E-state index contributed by atoms with van der Waals surface area (Å²) >= 11 is 0. The van der Waals surface area contributed by atoms with Crippen molar-refractivity contribution in [2.24, 2.45) is 0 Å². The molecular weight excluding hydrogens is 354 g/mol. The molecule has 0 saturated heterocycles. The minimum Gasteiger partial charge on any atom is -0.452 e. The summed E-state index contributed by atoms with van der Waals surface area (Å²) < 4.78 is 31.1. The summed E-state index contributed by atoms with van der Waals surface area (Å²) in [5, 5.41) is 3.16. The maximum Gasteiger partial charge on any atom is 0.340 e. The number of benzene rings is 2. The van der Waals surface area contributed by atoms with Crippen LogP contribution in [0, 0.1) is 25.5 Å². The van der Waals surface area contributed by atoms with Crippen LogP contribution in [0.4, 0.5) is 14.5 Å². The minimum absolute atomic E-state index is 0.0645. The van der Waals surface area contributed by atoms with E-state index in [1.165, 1.54) is 6.07 Å². The number of hydrogen-bond donors (Lipinski definition) is 1. The van der Waals surface area contributed by atoms with E-state index in [0.717, 1.165) is 23.0 Å². The van der Waals surface area contributed by atoms with Crippen LogP contribution in [0.1, 0.15) is 21.6 Å². The van der Waals surface area contributed by atoms with Crippen molar-refractivity contribution in [1.29, 1.82) is 0 Å². The quantitative estimate of drug-likeness (QED) is 0.707. The van der Waals surface area contributed by atoms with Gasteiger partial charge in [-0.15, -0.1) is 0 Å². The van der Waals surface area contributed by atoms with Crippen molar-refractivity contribution in [1.82, 2.24) is 4.98 Å². The number of carbonyl (C=O) groups is 2. The highest BCUT2D eigenvalue weighted by Gasteiger charge is 2.19. The van der Waals surface area contributed by atoms with Gasteiger partial charge in [-0.05, 0) is 37.6 Å². The van der Waals surface area contributed by atoms with Crippen molar-refractivity contribution in [3.05, 3.63) is 70.9 Å². The van der Waals surface area contributed by atoms with E-state index in [1.54, 1.807) is 13.8 Å². The molecule has 2 aromatic carbocycles. The highest BCUT2D eigenvalue weighted by Crippen LogP contribution is 2.23. The van der Waals surface area contributed by atoms with Gasteiger partial charge in [0.25, 0.3) is 5.91 Å². The number of aryl methyl sites for hydroxylation is 2. The Bertz CT molecular complexity index is 1050. The molecule has 1 amide bonds. The Balaban J connectivity index is 1.71. The lowest BCUT2D eigenvalue weighted by Gasteiger charge is -2.12. The van der Waals surface area contributed by atoms with Crippen LogP contribution in [0.3, 0.4) is 0 Å². The van der Waals surface area contributed by atoms with E-state index in [1.807, 2.05) is 24.3 Å². The molecule has 1 aromatic heterocycles. The molecule has 5 nitrogen and oxygen atoms in total. The molecule has 1 N–H and O–H groups in total. The number of carbonyl (C=O) groups excluding carboxylic acids is 2. The first-order valence-corrected chi connectivity index (χ1v) is 8.15. The smallest absolute Gasteiger partial charge is 0.340 e. The third-order valence-corrected chi connectivity index (χ3v) is 4.07. The molecule has 0 radical (unpaired) electrons. The van der Waals surface area contributed by atoms with Crippen molar-refractivity contribution >= 4 is 28.5 Å². The molecule has 0 aliphatic heterocycles. The summed E-state index contributed by atoms with van der Waals surface area (Å²) in [7, 11) is 0. The number of nitrogens with one attached hydrogen (secondary N) is 1. The SMILES string of the molecule is Cc1nc2ccccc2c(C)c1C(=O)OCC(=O)Nc1ccc(F)c(F)c1. The van der Waals surface area contributed by atoms with Gasteiger partial charge >= 0.3 is 5.97 Å². The van der Waals surface area contributed by atoms with Crippen molar-refractivity contribution in [2.75, 3.05) is 11.9 Å². The Morgan fingerprint density at radius 1 is 1.07 bits per heavy atom. The third kappa shape index (κ3) is 3.92. The van der Waals surface area contributed by atoms with Crippen LogP contribution in [-0.2, 0) is 9.53 Å². The molecule has 0 spiro atoms. The molecule has 0 atom stereocenters. The molecule has 0 unspecified atom stereocenters. The van der Waals surface area contributed by atoms with E-state index in [-0.39, 0.29) is 5.69 Å². The van der Waals surface area contributed by atoms with Crippen LogP contribution < -0.4 is 5.32 Å². The van der Waals surface area contributed by atoms with Crippen LogP contribution >= 0.6 is 0 Å². The number of rotatable bonds is 4. The zero-order valence-electron chi connectivity index (χ0n) is 14.7. The number of anilines is 1. The molecule has 3 aromatic rings. The second kappa shape index (κ2) is 7.49. The van der Waals surface area contributed by atoms with E-state index in [2.05, 4.69) is 10.3 Å². The van der Waals surface area contributed by atoms with Crippen molar-refractivity contribution in [3.63, 3.8) is 0 Å². The van der Waals surface area contributed by atoms with Crippen molar-refractivity contribution < 1.29 is 23.1 Å². The third-order valence-electron chi connectivity index (χ3n) is 4.07. The largest absolute Gasteiger partial charge is 0.452 e. The summed E-state index contributed by atoms with van der Waals surface area (Å²) in [5.74, 6) is -3.45. The normalized spacial score (nSPS) is 10.7. The Morgan fingerprint density at radius 2 is 1.81 bits per heavy atom. The van der Waals surface area contributed by atoms with Gasteiger partial charge in [0.1, 0.15) is 0 Å². The van der Waals surface area contributed by atoms with Gasteiger partial charge < -0.3 is 10.1 Å². The van der Waals surface area contributed by atoms with E-state index in [9.17, 15) is 18.4 Å². The van der Waals surface area contributed by atoms with Gasteiger partial charge in [-0.3, -0.25) is 9.78 Å². The Morgan fingerprint density at radius 3 is 2.56 bits per heavy atom. The van der Waals surface area contributed by atoms with Gasteiger partial charge in [0.15, 0.2) is 18.2 Å². The monoisotopic (exact) mass is 370 g/mol. The zero-order valence-corrected chi connectivity index (χ0v) is 14.7. The number of aromatic nitrogens is 1. The van der Waals surface area contributed by atoms with Gasteiger partial charge in [-0.1, -0.05) is 18.2 Å². The zero-order chi connectivity index (χ0) is 19.6. The Kier molecular flexibility index (Phi) is 5.12. The summed E-state index contributed by atoms with van der Waals surface area (Å²) in [6.07, 6.45) is 0. The van der Waals surface area contributed by atoms with Gasteiger partial charge in [-0.25, -0.2) is 13.6 Å². The van der Waals surface area contributed by atoms with Gasteiger partial charge in [0, 0.05) is 17.1 Å². The second-order valence-electron chi connectivity index (χ2n) is 5.97. The average Bonchev–Trinajstić information content (AvgIpc) is 2.63. The lowest BCUT2D eigenvalue weighted by molar-refractivity contribution is -0.119. The fraction of sp³-hybridized carbons (Fsp3) is 0.150. The number of ether oxygens (including phenoxy) is 1. The predicted molar refractivity (Wildman–Crippen MR) is 96.5 cm³/mol. The summed E-state index contributed by atoms with van der Waals surface area (Å²) in [4.78, 5) is 28.7. The molecule has 27 heavy (non-hydrogen) atoms. The number of fused-ring (bicyclic) bond motifs is 1. The molecular formula is C20H16F2N2O3. The molecule has 0 bridgehead atoms. The van der Waals surface area contributed by atoms with Gasteiger partial charge in [0.2, 0.25) is 0 Å². The van der Waals surface area contributed by atoms with E-state index < -0.39 is 30.1 Å². The summed E-state index contributed by atoms with van der Waals surface area (Å²) in [5.41, 5.74) is 2.34. The molecule has 0 aliphatic carbocycles. The molecule has 0 fully saturated rings. The first-order chi connectivity index (χ1) is 12.9. The second-order valence-corrected chi connectivity index (χ2v) is 5.97. The highest BCUT2D eigenvalue weighted by atomic mass is 19.2. The van der Waals surface area contributed by atoms with Crippen molar-refractivity contribution in [3.8, 4) is 0 Å². The Labute approximate surface area is 154 Å². The van der Waals surface area contributed by atoms with Crippen LogP contribution in [0.25, 0.3) is 10.9 Å². The molecule has 0 saturated carbocycles. The lowest BCUT2D eigenvalue weighted by Crippen LogP contribution is -2.22. The number of esters is 1. The maximum atomic E-state index is 13.2. The predicted octanol–water partition coefficient (Wildman–Crippen LogP) is 3.93.